The molecule has 0 aliphatic carbocycles. The van der Waals surface area contributed by atoms with Gasteiger partial charge in [-0.15, -0.1) is 24.0 Å². The van der Waals surface area contributed by atoms with Crippen LogP contribution in [0.4, 0.5) is 4.39 Å². The number of benzene rings is 1. The number of nitrogens with zero attached hydrogens (tertiary/aromatic N) is 3. The number of hydrogen-bond acceptors (Lipinski definition) is 4. The van der Waals surface area contributed by atoms with E-state index in [9.17, 15) is 9.18 Å². The minimum Gasteiger partial charge on any atom is -0.489 e. The van der Waals surface area contributed by atoms with Gasteiger partial charge >= 0.3 is 0 Å². The molecule has 1 amide bonds. The molecule has 1 saturated heterocycles. The van der Waals surface area contributed by atoms with Gasteiger partial charge in [-0.05, 0) is 38.1 Å². The van der Waals surface area contributed by atoms with Crippen LogP contribution in [0.15, 0.2) is 52.1 Å². The second-order valence-electron chi connectivity index (χ2n) is 6.84. The molecule has 3 rings (SSSR count). The lowest BCUT2D eigenvalue weighted by Gasteiger charge is -2.36. The van der Waals surface area contributed by atoms with E-state index in [2.05, 4.69) is 15.2 Å². The Hall–Kier alpha value is -2.30. The molecule has 9 heteroatoms. The molecule has 0 saturated carbocycles. The second kappa shape index (κ2) is 11.8. The van der Waals surface area contributed by atoms with Crippen molar-refractivity contribution in [2.45, 2.75) is 20.0 Å². The lowest BCUT2D eigenvalue weighted by molar-refractivity contribution is 0.0657. The second-order valence-corrected chi connectivity index (χ2v) is 6.84. The van der Waals surface area contributed by atoms with Crippen molar-refractivity contribution in [3.63, 3.8) is 0 Å². The maximum Gasteiger partial charge on any atom is 0.289 e. The van der Waals surface area contributed by atoms with Crippen LogP contribution in [0.2, 0.25) is 0 Å². The van der Waals surface area contributed by atoms with E-state index in [1.54, 1.807) is 29.2 Å². The summed E-state index contributed by atoms with van der Waals surface area (Å²) in [6.45, 7) is 7.64. The Morgan fingerprint density at radius 2 is 1.97 bits per heavy atom. The number of furan rings is 1. The summed E-state index contributed by atoms with van der Waals surface area (Å²) in [5, 5.41) is 3.29. The summed E-state index contributed by atoms with van der Waals surface area (Å²) in [5.74, 6) is 1.22. The molecule has 1 unspecified atom stereocenters. The summed E-state index contributed by atoms with van der Waals surface area (Å²) in [4.78, 5) is 21.0. The average Bonchev–Trinajstić information content (AvgIpc) is 3.25. The molecule has 1 aromatic carbocycles. The van der Waals surface area contributed by atoms with Crippen LogP contribution in [-0.2, 0) is 0 Å². The molecule has 30 heavy (non-hydrogen) atoms. The Morgan fingerprint density at radius 1 is 1.23 bits per heavy atom. The quantitative estimate of drug-likeness (QED) is 0.353. The van der Waals surface area contributed by atoms with Crippen molar-refractivity contribution in [3.8, 4) is 5.75 Å². The Balaban J connectivity index is 0.00000320. The average molecular weight is 530 g/mol. The van der Waals surface area contributed by atoms with Gasteiger partial charge in [0.15, 0.2) is 11.7 Å². The summed E-state index contributed by atoms with van der Waals surface area (Å²) in [5.41, 5.74) is 0. The van der Waals surface area contributed by atoms with Crippen LogP contribution >= 0.6 is 24.0 Å². The summed E-state index contributed by atoms with van der Waals surface area (Å²) in [6, 6.07) is 9.49. The summed E-state index contributed by atoms with van der Waals surface area (Å²) >= 11 is 0. The number of ether oxygens (including phenoxy) is 1. The molecular formula is C21H28FIN4O3. The van der Waals surface area contributed by atoms with Crippen LogP contribution in [0.1, 0.15) is 24.4 Å². The number of rotatable bonds is 6. The molecule has 1 fully saturated rings. The third kappa shape index (κ3) is 6.61. The van der Waals surface area contributed by atoms with Crippen LogP contribution in [-0.4, -0.2) is 67.0 Å². The smallest absolute Gasteiger partial charge is 0.289 e. The van der Waals surface area contributed by atoms with Crippen LogP contribution in [0.25, 0.3) is 0 Å². The summed E-state index contributed by atoms with van der Waals surface area (Å²) in [7, 11) is 0. The van der Waals surface area contributed by atoms with Gasteiger partial charge in [0.05, 0.1) is 12.8 Å². The van der Waals surface area contributed by atoms with Crippen molar-refractivity contribution >= 4 is 35.8 Å². The first-order valence-corrected chi connectivity index (χ1v) is 9.85. The van der Waals surface area contributed by atoms with Crippen LogP contribution < -0.4 is 10.1 Å². The third-order valence-corrected chi connectivity index (χ3v) is 4.56. The van der Waals surface area contributed by atoms with Crippen molar-refractivity contribution in [2.75, 3.05) is 39.3 Å². The SMILES string of the molecule is CCNC(=NCC(C)Oc1cccc(F)c1)N1CCN(C(=O)c2ccco2)CC1.I. The third-order valence-electron chi connectivity index (χ3n) is 4.56. The number of hydrogen-bond donors (Lipinski definition) is 1. The van der Waals surface area contributed by atoms with E-state index in [-0.39, 0.29) is 41.8 Å². The van der Waals surface area contributed by atoms with Gasteiger partial charge < -0.3 is 24.3 Å². The van der Waals surface area contributed by atoms with E-state index in [4.69, 9.17) is 9.15 Å². The number of amides is 1. The Morgan fingerprint density at radius 3 is 2.60 bits per heavy atom. The highest BCUT2D eigenvalue weighted by atomic mass is 127. The zero-order valence-electron chi connectivity index (χ0n) is 17.2. The lowest BCUT2D eigenvalue weighted by Crippen LogP contribution is -2.53. The number of guanidine groups is 1. The number of carbonyl (C=O) groups excluding carboxylic acids is 1. The molecule has 0 radical (unpaired) electrons. The number of nitrogens with one attached hydrogen (secondary N) is 1. The van der Waals surface area contributed by atoms with Crippen molar-refractivity contribution in [2.24, 2.45) is 4.99 Å². The molecule has 2 aromatic rings. The fraction of sp³-hybridized carbons (Fsp3) is 0.429. The Bertz CT molecular complexity index is 823. The number of carbonyl (C=O) groups is 1. The van der Waals surface area contributed by atoms with Crippen LogP contribution in [0.3, 0.4) is 0 Å². The normalized spacial score (nSPS) is 15.4. The highest BCUT2D eigenvalue weighted by molar-refractivity contribution is 14.0. The predicted molar refractivity (Wildman–Crippen MR) is 124 cm³/mol. The molecule has 1 aliphatic heterocycles. The Labute approximate surface area is 193 Å². The van der Waals surface area contributed by atoms with Crippen molar-refractivity contribution in [3.05, 3.63) is 54.2 Å². The monoisotopic (exact) mass is 530 g/mol. The first-order chi connectivity index (χ1) is 14.1. The topological polar surface area (TPSA) is 70.3 Å². The summed E-state index contributed by atoms with van der Waals surface area (Å²) in [6.07, 6.45) is 1.30. The zero-order valence-corrected chi connectivity index (χ0v) is 19.5. The standard InChI is InChI=1S/C21H27FN4O3.HI/c1-3-23-21(24-15-16(2)29-18-7-4-6-17(22)14-18)26-11-9-25(10-12-26)20(27)19-8-5-13-28-19;/h4-8,13-14,16H,3,9-12,15H2,1-2H3,(H,23,24);1H. The molecular weight excluding hydrogens is 502 g/mol. The van der Waals surface area contributed by atoms with Gasteiger partial charge in [-0.25, -0.2) is 9.38 Å². The molecule has 1 aromatic heterocycles. The maximum atomic E-state index is 13.3. The molecule has 1 atom stereocenters. The van der Waals surface area contributed by atoms with Gasteiger partial charge in [-0.3, -0.25) is 4.79 Å². The maximum absolute atomic E-state index is 13.3. The van der Waals surface area contributed by atoms with Gasteiger partial charge in [0.25, 0.3) is 5.91 Å². The molecule has 7 nitrogen and oxygen atoms in total. The highest BCUT2D eigenvalue weighted by Gasteiger charge is 2.25. The van der Waals surface area contributed by atoms with Crippen LogP contribution in [0, 0.1) is 5.82 Å². The molecule has 1 aliphatic rings. The molecule has 2 heterocycles. The minimum atomic E-state index is -0.325. The number of aliphatic imine (C=N–C) groups is 1. The van der Waals surface area contributed by atoms with Crippen molar-refractivity contribution < 1.29 is 18.3 Å². The van der Waals surface area contributed by atoms with E-state index in [0.717, 1.165) is 12.5 Å². The first-order valence-electron chi connectivity index (χ1n) is 9.85. The Kier molecular flexibility index (Phi) is 9.41. The first kappa shape index (κ1) is 24.0. The van der Waals surface area contributed by atoms with Crippen LogP contribution in [0.5, 0.6) is 5.75 Å². The van der Waals surface area contributed by atoms with Gasteiger partial charge in [0.1, 0.15) is 17.7 Å². The van der Waals surface area contributed by atoms with Gasteiger partial charge in [0, 0.05) is 38.8 Å². The fourth-order valence-electron chi connectivity index (χ4n) is 3.13. The lowest BCUT2D eigenvalue weighted by atomic mass is 10.3. The van der Waals surface area contributed by atoms with E-state index in [0.29, 0.717) is 44.2 Å². The van der Waals surface area contributed by atoms with Gasteiger partial charge in [-0.1, -0.05) is 6.07 Å². The molecule has 0 spiro atoms. The van der Waals surface area contributed by atoms with Gasteiger partial charge in [0.2, 0.25) is 0 Å². The fourth-order valence-corrected chi connectivity index (χ4v) is 3.13. The number of piperazine rings is 1. The van der Waals surface area contributed by atoms with E-state index in [1.807, 2.05) is 13.8 Å². The highest BCUT2D eigenvalue weighted by Crippen LogP contribution is 2.14. The molecule has 0 bridgehead atoms. The van der Waals surface area contributed by atoms with Crippen molar-refractivity contribution in [1.82, 2.24) is 15.1 Å². The molecule has 1 N–H and O–H groups in total. The minimum absolute atomic E-state index is 0. The molecule has 164 valence electrons. The predicted octanol–water partition coefficient (Wildman–Crippen LogP) is 3.23. The van der Waals surface area contributed by atoms with E-state index < -0.39 is 0 Å². The number of halogens is 2. The van der Waals surface area contributed by atoms with Crippen molar-refractivity contribution in [1.29, 1.82) is 0 Å². The van der Waals surface area contributed by atoms with E-state index >= 15 is 0 Å². The largest absolute Gasteiger partial charge is 0.489 e. The summed E-state index contributed by atoms with van der Waals surface area (Å²) < 4.78 is 24.2. The van der Waals surface area contributed by atoms with E-state index in [1.165, 1.54) is 18.4 Å². The van der Waals surface area contributed by atoms with Gasteiger partial charge in [-0.2, -0.15) is 0 Å². The zero-order chi connectivity index (χ0) is 20.6.